The lowest BCUT2D eigenvalue weighted by molar-refractivity contribution is -0.135. The van der Waals surface area contributed by atoms with Crippen molar-refractivity contribution in [1.82, 2.24) is 29.4 Å². The van der Waals surface area contributed by atoms with Crippen LogP contribution in [0.5, 0.6) is 0 Å². The van der Waals surface area contributed by atoms with Crippen LogP contribution in [0.25, 0.3) is 11.2 Å². The van der Waals surface area contributed by atoms with Gasteiger partial charge in [-0.15, -0.1) is 11.3 Å². The molecule has 4 aromatic rings. The highest BCUT2D eigenvalue weighted by atomic mass is 32.1. The lowest BCUT2D eigenvalue weighted by Crippen LogP contribution is -2.46. The second-order valence-corrected chi connectivity index (χ2v) is 8.46. The highest BCUT2D eigenvalue weighted by Crippen LogP contribution is 2.27. The molecule has 1 aliphatic rings. The van der Waals surface area contributed by atoms with Gasteiger partial charge in [0.25, 0.3) is 0 Å². The Morgan fingerprint density at radius 2 is 2.06 bits per heavy atom. The Kier molecular flexibility index (Phi) is 5.85. The SMILES string of the molecule is OC[C@@H]1CN(Cc2cccs2)C[C@H](n2cnc3c(NCc4ccncc4)ncnc32)O1. The second kappa shape index (κ2) is 9.06. The van der Waals surface area contributed by atoms with Crippen molar-refractivity contribution in [1.29, 1.82) is 0 Å². The molecule has 0 saturated carbocycles. The van der Waals surface area contributed by atoms with Crippen LogP contribution in [0.4, 0.5) is 5.82 Å². The molecule has 10 heteroatoms. The molecule has 0 radical (unpaired) electrons. The maximum absolute atomic E-state index is 9.77. The molecule has 0 bridgehead atoms. The monoisotopic (exact) mass is 437 g/mol. The number of hydrogen-bond acceptors (Lipinski definition) is 9. The molecule has 0 aromatic carbocycles. The van der Waals surface area contributed by atoms with E-state index in [1.807, 2.05) is 16.7 Å². The number of nitrogens with zero attached hydrogens (tertiary/aromatic N) is 6. The summed E-state index contributed by atoms with van der Waals surface area (Å²) in [6.07, 6.45) is 6.25. The number of aliphatic hydroxyl groups excluding tert-OH is 1. The highest BCUT2D eigenvalue weighted by molar-refractivity contribution is 7.09. The first-order chi connectivity index (χ1) is 15.3. The maximum Gasteiger partial charge on any atom is 0.167 e. The van der Waals surface area contributed by atoms with Crippen LogP contribution in [0, 0.1) is 0 Å². The number of nitrogens with one attached hydrogen (secondary N) is 1. The van der Waals surface area contributed by atoms with Crippen molar-refractivity contribution in [3.05, 3.63) is 65.1 Å². The first kappa shape index (κ1) is 20.0. The molecular formula is C21H23N7O2S. The van der Waals surface area contributed by atoms with Crippen molar-refractivity contribution >= 4 is 28.3 Å². The summed E-state index contributed by atoms with van der Waals surface area (Å²) < 4.78 is 8.08. The number of hydrogen-bond donors (Lipinski definition) is 2. The molecule has 31 heavy (non-hydrogen) atoms. The molecule has 1 saturated heterocycles. The second-order valence-electron chi connectivity index (χ2n) is 7.42. The number of anilines is 1. The number of fused-ring (bicyclic) bond motifs is 1. The third-order valence-electron chi connectivity index (χ3n) is 5.27. The van der Waals surface area contributed by atoms with Crippen LogP contribution in [0.1, 0.15) is 16.7 Å². The fraction of sp³-hybridized carbons (Fsp3) is 0.333. The van der Waals surface area contributed by atoms with Crippen LogP contribution in [-0.2, 0) is 17.8 Å². The summed E-state index contributed by atoms with van der Waals surface area (Å²) in [5.41, 5.74) is 2.50. The van der Waals surface area contributed by atoms with Gasteiger partial charge in [0.15, 0.2) is 17.0 Å². The van der Waals surface area contributed by atoms with Crippen LogP contribution in [-0.4, -0.2) is 60.3 Å². The number of imidazole rings is 1. The first-order valence-electron chi connectivity index (χ1n) is 10.1. The zero-order chi connectivity index (χ0) is 21.0. The molecule has 5 rings (SSSR count). The standard InChI is InChI=1S/C21H23N7O2S/c29-12-16-9-27(10-17-2-1-7-31-17)11-18(30-16)28-14-26-19-20(24-13-25-21(19)28)23-8-15-3-5-22-6-4-15/h1-7,13-14,16,18,29H,8-12H2,(H,23,24,25)/t16-,18+/m0/s1. The molecule has 0 spiro atoms. The molecule has 4 aromatic heterocycles. The minimum absolute atomic E-state index is 0.0300. The van der Waals surface area contributed by atoms with Crippen molar-refractivity contribution in [2.24, 2.45) is 0 Å². The third kappa shape index (κ3) is 4.42. The van der Waals surface area contributed by atoms with E-state index in [0.717, 1.165) is 12.1 Å². The molecule has 2 N–H and O–H groups in total. The number of pyridine rings is 1. The summed E-state index contributed by atoms with van der Waals surface area (Å²) in [5, 5.41) is 15.2. The Hall–Kier alpha value is -2.92. The number of morpholine rings is 1. The van der Waals surface area contributed by atoms with Crippen molar-refractivity contribution in [2.45, 2.75) is 25.4 Å². The fourth-order valence-electron chi connectivity index (χ4n) is 3.78. The van der Waals surface area contributed by atoms with Gasteiger partial charge in [0.05, 0.1) is 19.0 Å². The molecule has 1 fully saturated rings. The van der Waals surface area contributed by atoms with E-state index in [4.69, 9.17) is 4.74 Å². The molecule has 9 nitrogen and oxygen atoms in total. The topological polar surface area (TPSA) is 101 Å². The average molecular weight is 438 g/mol. The van der Waals surface area contributed by atoms with E-state index in [1.165, 1.54) is 11.2 Å². The summed E-state index contributed by atoms with van der Waals surface area (Å²) in [5.74, 6) is 0.672. The van der Waals surface area contributed by atoms with Gasteiger partial charge < -0.3 is 15.2 Å². The normalized spacial score (nSPS) is 19.6. The van der Waals surface area contributed by atoms with E-state index in [2.05, 4.69) is 47.7 Å². The van der Waals surface area contributed by atoms with Gasteiger partial charge in [-0.1, -0.05) is 6.07 Å². The largest absolute Gasteiger partial charge is 0.394 e. The van der Waals surface area contributed by atoms with Gasteiger partial charge in [0.2, 0.25) is 0 Å². The predicted molar refractivity (Wildman–Crippen MR) is 117 cm³/mol. The summed E-state index contributed by atoms with van der Waals surface area (Å²) in [6.45, 7) is 2.78. The Morgan fingerprint density at radius 1 is 1.16 bits per heavy atom. The molecule has 0 unspecified atom stereocenters. The highest BCUT2D eigenvalue weighted by Gasteiger charge is 2.30. The molecule has 0 amide bonds. The summed E-state index contributed by atoms with van der Waals surface area (Å²) in [4.78, 5) is 21.0. The van der Waals surface area contributed by atoms with Crippen molar-refractivity contribution in [2.75, 3.05) is 25.0 Å². The lowest BCUT2D eigenvalue weighted by Gasteiger charge is -2.37. The Labute approximate surface area is 183 Å². The Morgan fingerprint density at radius 3 is 2.87 bits per heavy atom. The quantitative estimate of drug-likeness (QED) is 0.454. The number of ether oxygens (including phenoxy) is 1. The summed E-state index contributed by atoms with van der Waals surface area (Å²) in [7, 11) is 0. The van der Waals surface area contributed by atoms with Crippen LogP contribution in [0.15, 0.2) is 54.7 Å². The van der Waals surface area contributed by atoms with Crippen LogP contribution in [0.3, 0.4) is 0 Å². The molecule has 5 heterocycles. The van der Waals surface area contributed by atoms with E-state index < -0.39 is 0 Å². The van der Waals surface area contributed by atoms with Crippen LogP contribution in [0.2, 0.25) is 0 Å². The van der Waals surface area contributed by atoms with Gasteiger partial charge >= 0.3 is 0 Å². The Balaban J connectivity index is 1.37. The van der Waals surface area contributed by atoms with Crippen LogP contribution >= 0.6 is 11.3 Å². The van der Waals surface area contributed by atoms with Gasteiger partial charge in [0.1, 0.15) is 12.6 Å². The minimum Gasteiger partial charge on any atom is -0.394 e. The van der Waals surface area contributed by atoms with Crippen LogP contribution < -0.4 is 5.32 Å². The average Bonchev–Trinajstić information content (AvgIpc) is 3.48. The third-order valence-corrected chi connectivity index (χ3v) is 6.13. The summed E-state index contributed by atoms with van der Waals surface area (Å²) in [6, 6.07) is 8.10. The van der Waals surface area contributed by atoms with Crippen molar-refractivity contribution in [3.63, 3.8) is 0 Å². The van der Waals surface area contributed by atoms with Crippen molar-refractivity contribution < 1.29 is 9.84 Å². The minimum atomic E-state index is -0.293. The fourth-order valence-corrected chi connectivity index (χ4v) is 4.52. The van der Waals surface area contributed by atoms with Gasteiger partial charge in [0, 0.05) is 43.4 Å². The van der Waals surface area contributed by atoms with Gasteiger partial charge in [-0.05, 0) is 29.1 Å². The van der Waals surface area contributed by atoms with E-state index >= 15 is 0 Å². The predicted octanol–water partition coefficient (Wildman–Crippen LogP) is 2.29. The molecular weight excluding hydrogens is 414 g/mol. The zero-order valence-corrected chi connectivity index (χ0v) is 17.6. The lowest BCUT2D eigenvalue weighted by atomic mass is 10.2. The van der Waals surface area contributed by atoms with Crippen molar-refractivity contribution in [3.8, 4) is 0 Å². The van der Waals surface area contributed by atoms with E-state index in [9.17, 15) is 5.11 Å². The van der Waals surface area contributed by atoms with Gasteiger partial charge in [-0.25, -0.2) is 15.0 Å². The molecule has 2 atom stereocenters. The number of rotatable bonds is 7. The van der Waals surface area contributed by atoms with E-state index in [-0.39, 0.29) is 18.9 Å². The number of aliphatic hydroxyl groups is 1. The van der Waals surface area contributed by atoms with E-state index in [0.29, 0.717) is 36.6 Å². The summed E-state index contributed by atoms with van der Waals surface area (Å²) >= 11 is 1.74. The number of thiophene rings is 1. The van der Waals surface area contributed by atoms with E-state index in [1.54, 1.807) is 30.1 Å². The number of aromatic nitrogens is 5. The Bertz CT molecular complexity index is 1120. The molecule has 1 aliphatic heterocycles. The smallest absolute Gasteiger partial charge is 0.167 e. The molecule has 0 aliphatic carbocycles. The first-order valence-corrected chi connectivity index (χ1v) is 11.0. The van der Waals surface area contributed by atoms with Gasteiger partial charge in [-0.2, -0.15) is 0 Å². The maximum atomic E-state index is 9.77. The zero-order valence-electron chi connectivity index (χ0n) is 16.8. The molecule has 160 valence electrons. The van der Waals surface area contributed by atoms with Gasteiger partial charge in [-0.3, -0.25) is 14.5 Å².